The van der Waals surface area contributed by atoms with Gasteiger partial charge in [-0.2, -0.15) is 0 Å². The fourth-order valence-corrected chi connectivity index (χ4v) is 6.93. The second kappa shape index (κ2) is 14.6. The molecule has 3 N–H and O–H groups in total. The summed E-state index contributed by atoms with van der Waals surface area (Å²) in [4.78, 5) is 27.1. The molecule has 1 aliphatic heterocycles. The molecule has 2 aliphatic rings. The molecule has 2 aromatic rings. The number of alkyl carbamates (subject to hydrolysis) is 1. The number of nitrogens with one attached hydrogen (secondary N) is 2. The van der Waals surface area contributed by atoms with E-state index in [0.29, 0.717) is 36.9 Å². The van der Waals surface area contributed by atoms with Gasteiger partial charge in [0.2, 0.25) is 5.91 Å². The smallest absolute Gasteiger partial charge is 0.406 e. The molecule has 1 heterocycles. The maximum atomic E-state index is 15.6. The first-order valence-electron chi connectivity index (χ1n) is 15.3. The number of ether oxygens (including phenoxy) is 1. The van der Waals surface area contributed by atoms with Crippen molar-refractivity contribution in [2.75, 3.05) is 40.3 Å². The molecule has 1 saturated carbocycles. The minimum Gasteiger partial charge on any atom is -0.453 e. The summed E-state index contributed by atoms with van der Waals surface area (Å²) in [5.41, 5.74) is -1.47. The van der Waals surface area contributed by atoms with Gasteiger partial charge in [-0.25, -0.2) is 18.0 Å². The highest BCUT2D eigenvalue weighted by molar-refractivity contribution is 5.79. The Morgan fingerprint density at radius 3 is 2.51 bits per heavy atom. The third kappa shape index (κ3) is 7.70. The summed E-state index contributed by atoms with van der Waals surface area (Å²) < 4.78 is 50.3. The Balaban J connectivity index is 1.68. The molecule has 2 fully saturated rings. The number of carbonyl (C=O) groups is 2. The second-order valence-corrected chi connectivity index (χ2v) is 12.1. The van der Waals surface area contributed by atoms with E-state index >= 15 is 8.78 Å². The summed E-state index contributed by atoms with van der Waals surface area (Å²) >= 11 is 0. The van der Waals surface area contributed by atoms with E-state index in [1.165, 1.54) is 19.2 Å². The molecule has 236 valence electrons. The summed E-state index contributed by atoms with van der Waals surface area (Å²) in [7, 11) is 3.17. The van der Waals surface area contributed by atoms with Crippen LogP contribution in [0.1, 0.15) is 62.5 Å². The van der Waals surface area contributed by atoms with Crippen LogP contribution in [0.25, 0.3) is 11.1 Å². The van der Waals surface area contributed by atoms with Gasteiger partial charge in [-0.15, -0.1) is 0 Å². The summed E-state index contributed by atoms with van der Waals surface area (Å²) in [5.74, 6) is -2.62. The topological polar surface area (TPSA) is 90.9 Å². The van der Waals surface area contributed by atoms with Crippen LogP contribution in [0, 0.1) is 42.1 Å². The number of amides is 2. The zero-order chi connectivity index (χ0) is 31.1. The van der Waals surface area contributed by atoms with Gasteiger partial charge in [0.25, 0.3) is 0 Å². The number of piperidine rings is 1. The van der Waals surface area contributed by atoms with E-state index in [2.05, 4.69) is 15.4 Å². The van der Waals surface area contributed by atoms with E-state index in [-0.39, 0.29) is 54.4 Å². The number of likely N-dealkylation sites (tertiary alicyclic amines) is 1. The number of hydrogen-bond acceptors (Lipinski definition) is 5. The number of halogens is 3. The minimum atomic E-state index is -1.82. The quantitative estimate of drug-likeness (QED) is 0.305. The van der Waals surface area contributed by atoms with Gasteiger partial charge in [0.05, 0.1) is 12.7 Å². The Morgan fingerprint density at radius 1 is 1.07 bits per heavy atom. The van der Waals surface area contributed by atoms with Crippen molar-refractivity contribution in [2.24, 2.45) is 17.8 Å². The van der Waals surface area contributed by atoms with Gasteiger partial charge in [0.15, 0.2) is 0 Å². The maximum Gasteiger partial charge on any atom is 0.406 e. The van der Waals surface area contributed by atoms with Gasteiger partial charge < -0.3 is 25.4 Å². The molecular weight excluding hydrogens is 559 g/mol. The van der Waals surface area contributed by atoms with E-state index in [1.54, 1.807) is 17.9 Å². The maximum absolute atomic E-state index is 15.6. The van der Waals surface area contributed by atoms with E-state index in [0.717, 1.165) is 38.3 Å². The van der Waals surface area contributed by atoms with Crippen LogP contribution >= 0.6 is 0 Å². The first-order chi connectivity index (χ1) is 20.6. The number of aryl methyl sites for hydroxylation is 1. The number of benzene rings is 2. The normalized spacial score (nSPS) is 22.1. The lowest BCUT2D eigenvalue weighted by Crippen LogP contribution is -2.50. The molecule has 1 aliphatic carbocycles. The Morgan fingerprint density at radius 2 is 1.81 bits per heavy atom. The highest BCUT2D eigenvalue weighted by atomic mass is 19.1. The van der Waals surface area contributed by atoms with Gasteiger partial charge in [0, 0.05) is 48.7 Å². The minimum absolute atomic E-state index is 0.0160. The van der Waals surface area contributed by atoms with Crippen LogP contribution in [0.4, 0.5) is 18.0 Å². The molecule has 10 heteroatoms. The van der Waals surface area contributed by atoms with E-state index in [9.17, 15) is 19.1 Å². The number of aliphatic hydroxyl groups is 1. The molecule has 0 radical (unpaired) electrons. The van der Waals surface area contributed by atoms with Crippen molar-refractivity contribution in [2.45, 2.75) is 63.9 Å². The lowest BCUT2D eigenvalue weighted by Gasteiger charge is -2.44. The van der Waals surface area contributed by atoms with E-state index in [1.807, 2.05) is 7.05 Å². The van der Waals surface area contributed by atoms with Crippen molar-refractivity contribution in [3.05, 3.63) is 58.9 Å². The number of carbonyl (C=O) groups excluding carboxylic acids is 2. The first kappa shape index (κ1) is 32.8. The van der Waals surface area contributed by atoms with Gasteiger partial charge in [-0.3, -0.25) is 4.79 Å². The third-order valence-corrected chi connectivity index (χ3v) is 9.20. The van der Waals surface area contributed by atoms with E-state index < -0.39 is 35.1 Å². The number of hydrogen-bond donors (Lipinski definition) is 3. The molecule has 43 heavy (non-hydrogen) atoms. The van der Waals surface area contributed by atoms with Crippen molar-refractivity contribution in [1.29, 1.82) is 0 Å². The molecular formula is C33H44F3N3O4. The zero-order valence-electron chi connectivity index (χ0n) is 25.4. The Bertz CT molecular complexity index is 1280. The average molecular weight is 604 g/mol. The summed E-state index contributed by atoms with van der Waals surface area (Å²) in [6.45, 7) is 3.57. The molecule has 7 nitrogen and oxygen atoms in total. The molecule has 4 rings (SSSR count). The molecule has 1 saturated heterocycles. The predicted molar refractivity (Wildman–Crippen MR) is 159 cm³/mol. The fourth-order valence-electron chi connectivity index (χ4n) is 6.93. The molecule has 0 aromatic heterocycles. The number of methoxy groups -OCH3 is 1. The van der Waals surface area contributed by atoms with Crippen LogP contribution in [0.15, 0.2) is 30.3 Å². The van der Waals surface area contributed by atoms with Crippen LogP contribution in [-0.2, 0) is 15.1 Å². The Hall–Kier alpha value is -3.11. The van der Waals surface area contributed by atoms with Crippen molar-refractivity contribution < 1.29 is 32.6 Å². The third-order valence-electron chi connectivity index (χ3n) is 9.20. The van der Waals surface area contributed by atoms with Crippen molar-refractivity contribution in [3.8, 4) is 11.1 Å². The molecule has 0 spiro atoms. The van der Waals surface area contributed by atoms with Gasteiger partial charge in [-0.1, -0.05) is 11.6 Å². The Labute approximate surface area is 252 Å². The molecule has 0 bridgehead atoms. The molecule has 2 amide bonds. The van der Waals surface area contributed by atoms with Crippen LogP contribution < -0.4 is 10.6 Å². The zero-order valence-corrected chi connectivity index (χ0v) is 25.4. The fraction of sp³-hybridized carbons (Fsp3) is 0.576. The first-order valence-corrected chi connectivity index (χ1v) is 15.3. The lowest BCUT2D eigenvalue weighted by molar-refractivity contribution is -0.142. The molecule has 2 unspecified atom stereocenters. The van der Waals surface area contributed by atoms with Crippen molar-refractivity contribution in [1.82, 2.24) is 15.5 Å². The molecule has 2 aromatic carbocycles. The monoisotopic (exact) mass is 603 g/mol. The molecule has 2 atom stereocenters. The summed E-state index contributed by atoms with van der Waals surface area (Å²) in [6, 6.07) is 6.04. The van der Waals surface area contributed by atoms with Crippen molar-refractivity contribution in [3.63, 3.8) is 0 Å². The summed E-state index contributed by atoms with van der Waals surface area (Å²) in [5, 5.41) is 18.3. The van der Waals surface area contributed by atoms with Gasteiger partial charge in [-0.05, 0) is 102 Å². The average Bonchev–Trinajstić information content (AvgIpc) is 3.00. The second-order valence-electron chi connectivity index (χ2n) is 12.1. The largest absolute Gasteiger partial charge is 0.453 e. The highest BCUT2D eigenvalue weighted by Crippen LogP contribution is 2.45. The lowest BCUT2D eigenvalue weighted by atomic mass is 9.71. The van der Waals surface area contributed by atoms with Crippen molar-refractivity contribution >= 4 is 12.0 Å². The van der Waals surface area contributed by atoms with Crippen LogP contribution in [0.2, 0.25) is 0 Å². The number of nitrogens with zero attached hydrogens (tertiary/aromatic N) is 1. The Kier molecular flexibility index (Phi) is 11.1. The predicted octanol–water partition coefficient (Wildman–Crippen LogP) is 5.67. The van der Waals surface area contributed by atoms with Gasteiger partial charge >= 0.3 is 6.09 Å². The standard InChI is InChI=1S/C33H44F3N3O4/c1-21-7-12-28(35)26(16-21)30-27(17-25(34)18-29(30)36)33(42,13-5-14-38-32(41)43-3)24-6-4-15-39(20-24)31(40)23-10-8-22(9-11-23)19-37-2/h7,12,16-18,22-24,37,42H,4-6,8-11,13-15,19-20H2,1-3H3,(H,38,41). The van der Waals surface area contributed by atoms with Crippen LogP contribution in [0.3, 0.4) is 0 Å². The van der Waals surface area contributed by atoms with Crippen LogP contribution in [-0.4, -0.2) is 62.3 Å². The van der Waals surface area contributed by atoms with Crippen LogP contribution in [0.5, 0.6) is 0 Å². The number of rotatable bonds is 10. The van der Waals surface area contributed by atoms with E-state index in [4.69, 9.17) is 0 Å². The SMILES string of the molecule is CNCC1CCC(C(=O)N2CCCC(C(O)(CCCNC(=O)OC)c3cc(F)cc(F)c3-c3cc(C)ccc3F)C2)CC1. The summed E-state index contributed by atoms with van der Waals surface area (Å²) in [6.07, 6.45) is 4.31. The van der Waals surface area contributed by atoms with Gasteiger partial charge in [0.1, 0.15) is 17.5 Å². The highest BCUT2D eigenvalue weighted by Gasteiger charge is 2.44.